The van der Waals surface area contributed by atoms with E-state index in [1.54, 1.807) is 0 Å². The van der Waals surface area contributed by atoms with Crippen molar-refractivity contribution in [1.29, 1.82) is 0 Å². The number of nitrogens with zero attached hydrogens (tertiary/aromatic N) is 2. The van der Waals surface area contributed by atoms with Gasteiger partial charge in [0.1, 0.15) is 0 Å². The zero-order chi connectivity index (χ0) is 5.40. The van der Waals surface area contributed by atoms with Crippen molar-refractivity contribution in [1.82, 2.24) is 0 Å². The van der Waals surface area contributed by atoms with E-state index in [-0.39, 0.29) is 0 Å². The highest BCUT2D eigenvalue weighted by molar-refractivity contribution is 6.19. The summed E-state index contributed by atoms with van der Waals surface area (Å²) < 4.78 is 0. The molecule has 0 aromatic heterocycles. The number of fused-ring (bicyclic) bond motifs is 1. The van der Waals surface area contributed by atoms with Gasteiger partial charge in [0.05, 0.1) is 11.9 Å². The maximum absolute atomic E-state index is 3.92. The summed E-state index contributed by atoms with van der Waals surface area (Å²) in [5, 5.41) is 7.68. The van der Waals surface area contributed by atoms with Gasteiger partial charge in [0, 0.05) is 5.57 Å². The summed E-state index contributed by atoms with van der Waals surface area (Å²) in [5.41, 5.74) is 2.41. The maximum atomic E-state index is 3.92. The molecule has 0 fully saturated rings. The summed E-state index contributed by atoms with van der Waals surface area (Å²) in [4.78, 5) is 0. The topological polar surface area (TPSA) is 24.7 Å². The molecule has 8 heavy (non-hydrogen) atoms. The van der Waals surface area contributed by atoms with Crippen LogP contribution in [0.1, 0.15) is 12.8 Å². The standard InChI is InChI=1S/C6H6N2/c1-2-5-4-7-8-6(5)3-1/h2,4H,1,3H2. The summed E-state index contributed by atoms with van der Waals surface area (Å²) in [6.45, 7) is 0. The van der Waals surface area contributed by atoms with Gasteiger partial charge in [-0.25, -0.2) is 0 Å². The van der Waals surface area contributed by atoms with Crippen LogP contribution in [-0.2, 0) is 0 Å². The molecule has 0 aromatic rings. The van der Waals surface area contributed by atoms with Crippen LogP contribution >= 0.6 is 0 Å². The molecular formula is C6H6N2. The van der Waals surface area contributed by atoms with Crippen LogP contribution in [0.3, 0.4) is 0 Å². The molecule has 1 heterocycles. The van der Waals surface area contributed by atoms with Crippen LogP contribution in [0, 0.1) is 0 Å². The molecule has 2 heteroatoms. The molecule has 1 aliphatic carbocycles. The predicted octanol–water partition coefficient (Wildman–Crippen LogP) is 1.15. The van der Waals surface area contributed by atoms with E-state index in [0.29, 0.717) is 0 Å². The van der Waals surface area contributed by atoms with Gasteiger partial charge < -0.3 is 0 Å². The molecule has 2 aliphatic rings. The minimum Gasteiger partial charge on any atom is -0.158 e. The Balaban J connectivity index is 2.49. The molecule has 0 spiro atoms. The molecule has 0 saturated carbocycles. The van der Waals surface area contributed by atoms with Crippen LogP contribution in [0.5, 0.6) is 0 Å². The number of hydrogen-bond acceptors (Lipinski definition) is 2. The summed E-state index contributed by atoms with van der Waals surface area (Å²) in [5.74, 6) is 0. The third-order valence-corrected chi connectivity index (χ3v) is 1.45. The average molecular weight is 106 g/mol. The van der Waals surface area contributed by atoms with Crippen molar-refractivity contribution < 1.29 is 0 Å². The van der Waals surface area contributed by atoms with E-state index in [1.165, 1.54) is 11.3 Å². The Hall–Kier alpha value is -0.920. The molecule has 0 radical (unpaired) electrons. The zero-order valence-electron chi connectivity index (χ0n) is 4.46. The van der Waals surface area contributed by atoms with Gasteiger partial charge in [-0.05, 0) is 12.8 Å². The summed E-state index contributed by atoms with van der Waals surface area (Å²) in [7, 11) is 0. The van der Waals surface area contributed by atoms with E-state index in [1.807, 2.05) is 6.21 Å². The maximum Gasteiger partial charge on any atom is 0.0718 e. The van der Waals surface area contributed by atoms with Gasteiger partial charge >= 0.3 is 0 Å². The first-order chi connectivity index (χ1) is 3.97. The Morgan fingerprint density at radius 1 is 1.50 bits per heavy atom. The van der Waals surface area contributed by atoms with Crippen molar-refractivity contribution >= 4 is 11.9 Å². The van der Waals surface area contributed by atoms with Crippen LogP contribution in [0.2, 0.25) is 0 Å². The van der Waals surface area contributed by atoms with Gasteiger partial charge in [-0.15, -0.1) is 0 Å². The third-order valence-electron chi connectivity index (χ3n) is 1.45. The highest BCUT2D eigenvalue weighted by Gasteiger charge is 2.13. The SMILES string of the molecule is C1=NN=C2CCC=C12. The lowest BCUT2D eigenvalue weighted by molar-refractivity contribution is 1.12. The van der Waals surface area contributed by atoms with Gasteiger partial charge in [0.2, 0.25) is 0 Å². The van der Waals surface area contributed by atoms with Crippen molar-refractivity contribution in [3.05, 3.63) is 11.6 Å². The van der Waals surface area contributed by atoms with E-state index in [2.05, 4.69) is 16.3 Å². The number of hydrogen-bond donors (Lipinski definition) is 0. The van der Waals surface area contributed by atoms with Gasteiger partial charge in [-0.2, -0.15) is 10.2 Å². The Labute approximate surface area is 47.6 Å². The molecule has 0 bridgehead atoms. The molecule has 0 atom stereocenters. The van der Waals surface area contributed by atoms with Gasteiger partial charge in [-0.1, -0.05) is 6.08 Å². The van der Waals surface area contributed by atoms with E-state index in [0.717, 1.165) is 12.8 Å². The van der Waals surface area contributed by atoms with Crippen LogP contribution in [0.4, 0.5) is 0 Å². The number of allylic oxidation sites excluding steroid dienone is 2. The lowest BCUT2D eigenvalue weighted by Crippen LogP contribution is -1.89. The van der Waals surface area contributed by atoms with E-state index >= 15 is 0 Å². The van der Waals surface area contributed by atoms with Gasteiger partial charge in [0.15, 0.2) is 0 Å². The monoisotopic (exact) mass is 106 g/mol. The molecular weight excluding hydrogens is 100 g/mol. The largest absolute Gasteiger partial charge is 0.158 e. The Morgan fingerprint density at radius 3 is 3.38 bits per heavy atom. The fourth-order valence-electron chi connectivity index (χ4n) is 1.02. The Morgan fingerprint density at radius 2 is 2.50 bits per heavy atom. The second-order valence-corrected chi connectivity index (χ2v) is 1.99. The van der Waals surface area contributed by atoms with E-state index in [4.69, 9.17) is 0 Å². The molecule has 0 N–H and O–H groups in total. The molecule has 2 rings (SSSR count). The van der Waals surface area contributed by atoms with Crippen LogP contribution < -0.4 is 0 Å². The molecule has 0 saturated heterocycles. The van der Waals surface area contributed by atoms with Crippen LogP contribution in [0.25, 0.3) is 0 Å². The lowest BCUT2D eigenvalue weighted by atomic mass is 10.2. The quantitative estimate of drug-likeness (QED) is 0.442. The predicted molar refractivity (Wildman–Crippen MR) is 33.2 cm³/mol. The first-order valence-corrected chi connectivity index (χ1v) is 2.77. The molecule has 2 nitrogen and oxygen atoms in total. The minimum absolute atomic E-state index is 1.09. The molecule has 1 aliphatic heterocycles. The Kier molecular flexibility index (Phi) is 0.640. The average Bonchev–Trinajstić information content (AvgIpc) is 2.15. The zero-order valence-corrected chi connectivity index (χ0v) is 4.46. The highest BCUT2D eigenvalue weighted by Crippen LogP contribution is 2.17. The van der Waals surface area contributed by atoms with Gasteiger partial charge in [-0.3, -0.25) is 0 Å². The molecule has 0 unspecified atom stereocenters. The summed E-state index contributed by atoms with van der Waals surface area (Å²) in [6, 6.07) is 0. The highest BCUT2D eigenvalue weighted by atomic mass is 15.2. The van der Waals surface area contributed by atoms with Crippen LogP contribution in [-0.4, -0.2) is 11.9 Å². The van der Waals surface area contributed by atoms with Crippen molar-refractivity contribution in [2.75, 3.05) is 0 Å². The van der Waals surface area contributed by atoms with E-state index in [9.17, 15) is 0 Å². The van der Waals surface area contributed by atoms with Crippen molar-refractivity contribution in [2.24, 2.45) is 10.2 Å². The second-order valence-electron chi connectivity index (χ2n) is 1.99. The smallest absolute Gasteiger partial charge is 0.0718 e. The normalized spacial score (nSPS) is 23.0. The van der Waals surface area contributed by atoms with Crippen LogP contribution in [0.15, 0.2) is 21.9 Å². The van der Waals surface area contributed by atoms with Crippen molar-refractivity contribution in [3.63, 3.8) is 0 Å². The first-order valence-electron chi connectivity index (χ1n) is 2.77. The molecule has 40 valence electrons. The van der Waals surface area contributed by atoms with Gasteiger partial charge in [0.25, 0.3) is 0 Å². The lowest BCUT2D eigenvalue weighted by Gasteiger charge is -1.82. The summed E-state index contributed by atoms with van der Waals surface area (Å²) >= 11 is 0. The molecule has 0 amide bonds. The van der Waals surface area contributed by atoms with E-state index < -0.39 is 0 Å². The fraction of sp³-hybridized carbons (Fsp3) is 0.333. The number of rotatable bonds is 0. The second kappa shape index (κ2) is 1.28. The Bertz CT molecular complexity index is 199. The van der Waals surface area contributed by atoms with Crippen molar-refractivity contribution in [2.45, 2.75) is 12.8 Å². The minimum atomic E-state index is 1.09. The fourth-order valence-corrected chi connectivity index (χ4v) is 1.02. The summed E-state index contributed by atoms with van der Waals surface area (Å²) in [6.07, 6.45) is 6.24. The molecule has 0 aromatic carbocycles. The third kappa shape index (κ3) is 0.372. The first kappa shape index (κ1) is 4.01. The van der Waals surface area contributed by atoms with Crippen molar-refractivity contribution in [3.8, 4) is 0 Å².